The fraction of sp³-hybridized carbons (Fsp3) is 0.286. The van der Waals surface area contributed by atoms with Gasteiger partial charge in [0.1, 0.15) is 21.8 Å². The summed E-state index contributed by atoms with van der Waals surface area (Å²) in [4.78, 5) is 38.6. The van der Waals surface area contributed by atoms with Gasteiger partial charge in [0.25, 0.3) is 0 Å². The Morgan fingerprint density at radius 2 is 1.78 bits per heavy atom. The number of urea groups is 1. The topological polar surface area (TPSA) is 96.9 Å². The maximum atomic E-state index is 13.6. The van der Waals surface area contributed by atoms with Crippen molar-refractivity contribution in [3.8, 4) is 17.4 Å². The fourth-order valence-electron chi connectivity index (χ4n) is 5.36. The van der Waals surface area contributed by atoms with Gasteiger partial charge in [0.15, 0.2) is 5.13 Å². The van der Waals surface area contributed by atoms with Gasteiger partial charge in [0.2, 0.25) is 11.8 Å². The summed E-state index contributed by atoms with van der Waals surface area (Å²) < 4.78 is 49.9. The molecule has 2 aromatic heterocycles. The first-order valence-corrected chi connectivity index (χ1v) is 13.5. The van der Waals surface area contributed by atoms with Gasteiger partial charge >= 0.3 is 12.2 Å². The Morgan fingerprint density at radius 1 is 1.02 bits per heavy atom. The van der Waals surface area contributed by atoms with E-state index in [2.05, 4.69) is 15.3 Å². The first kappa shape index (κ1) is 26.8. The molecule has 0 saturated carbocycles. The zero-order valence-corrected chi connectivity index (χ0v) is 22.8. The Bertz CT molecular complexity index is 1660. The molecule has 4 aromatic rings. The summed E-state index contributed by atoms with van der Waals surface area (Å²) in [5.74, 6) is 1.05. The molecule has 3 amide bonds. The predicted molar refractivity (Wildman–Crippen MR) is 147 cm³/mol. The molecule has 4 heterocycles. The first-order chi connectivity index (χ1) is 19.5. The molecule has 0 aliphatic carbocycles. The second-order valence-electron chi connectivity index (χ2n) is 9.99. The van der Waals surface area contributed by atoms with Crippen molar-refractivity contribution < 1.29 is 32.2 Å². The van der Waals surface area contributed by atoms with Crippen LogP contribution in [0.25, 0.3) is 10.3 Å². The van der Waals surface area contributed by atoms with Crippen molar-refractivity contribution in [2.75, 3.05) is 37.0 Å². The van der Waals surface area contributed by atoms with Gasteiger partial charge in [0, 0.05) is 43.7 Å². The predicted octanol–water partition coefficient (Wildman–Crippen LogP) is 6.05. The van der Waals surface area contributed by atoms with Crippen LogP contribution in [0.4, 0.5) is 28.8 Å². The van der Waals surface area contributed by atoms with Crippen LogP contribution in [-0.2, 0) is 16.4 Å². The number of hydrogen-bond acceptors (Lipinski definition) is 7. The van der Waals surface area contributed by atoms with Gasteiger partial charge < -0.3 is 14.4 Å². The molecule has 13 heteroatoms. The van der Waals surface area contributed by atoms with Gasteiger partial charge in [-0.25, -0.2) is 14.8 Å². The Labute approximate surface area is 236 Å². The van der Waals surface area contributed by atoms with Crippen LogP contribution < -0.4 is 19.7 Å². The zero-order valence-electron chi connectivity index (χ0n) is 22.0. The van der Waals surface area contributed by atoms with Crippen LogP contribution in [0.2, 0.25) is 0 Å². The SMILES string of the molecule is COc1ccc2nc(NC(=O)N3CC4(CCN(C(C)=O)C4)c4cc(Oc5ccc(C(F)(F)F)cc5)ccc43)sc2n1. The van der Waals surface area contributed by atoms with Gasteiger partial charge in [-0.15, -0.1) is 0 Å². The summed E-state index contributed by atoms with van der Waals surface area (Å²) >= 11 is 1.23. The van der Waals surface area contributed by atoms with E-state index in [1.165, 1.54) is 37.5 Å². The molecule has 1 spiro atoms. The minimum Gasteiger partial charge on any atom is -0.481 e. The highest BCUT2D eigenvalue weighted by atomic mass is 32.1. The number of pyridine rings is 1. The van der Waals surface area contributed by atoms with Crippen LogP contribution in [0.5, 0.6) is 17.4 Å². The van der Waals surface area contributed by atoms with Gasteiger partial charge in [0.05, 0.1) is 12.7 Å². The van der Waals surface area contributed by atoms with Gasteiger partial charge in [-0.1, -0.05) is 11.3 Å². The number of carbonyl (C=O) groups is 2. The number of ether oxygens (including phenoxy) is 2. The number of amides is 3. The lowest BCUT2D eigenvalue weighted by atomic mass is 9.81. The molecule has 1 atom stereocenters. The summed E-state index contributed by atoms with van der Waals surface area (Å²) in [5.41, 5.74) is 0.825. The maximum Gasteiger partial charge on any atom is 0.416 e. The van der Waals surface area contributed by atoms with E-state index >= 15 is 0 Å². The smallest absolute Gasteiger partial charge is 0.416 e. The lowest BCUT2D eigenvalue weighted by molar-refractivity contribution is -0.137. The average molecular weight is 584 g/mol. The highest BCUT2D eigenvalue weighted by Gasteiger charge is 2.49. The minimum atomic E-state index is -4.44. The van der Waals surface area contributed by atoms with Crippen molar-refractivity contribution in [2.24, 2.45) is 0 Å². The molecule has 1 saturated heterocycles. The van der Waals surface area contributed by atoms with Crippen molar-refractivity contribution in [2.45, 2.75) is 24.9 Å². The third-order valence-corrected chi connectivity index (χ3v) is 8.29. The monoisotopic (exact) mass is 583 g/mol. The second-order valence-corrected chi connectivity index (χ2v) is 11.0. The van der Waals surface area contributed by atoms with Crippen LogP contribution in [-0.4, -0.2) is 53.6 Å². The number of thiazole rings is 1. The van der Waals surface area contributed by atoms with Crippen molar-refractivity contribution >= 4 is 44.4 Å². The third kappa shape index (κ3) is 5.01. The number of anilines is 2. The van der Waals surface area contributed by atoms with E-state index in [1.54, 1.807) is 40.1 Å². The molecule has 6 rings (SSSR count). The van der Waals surface area contributed by atoms with E-state index in [1.807, 2.05) is 0 Å². The lowest BCUT2D eigenvalue weighted by Gasteiger charge is -2.25. The number of likely N-dealkylation sites (tertiary alicyclic amines) is 1. The van der Waals surface area contributed by atoms with Crippen molar-refractivity contribution in [1.82, 2.24) is 14.9 Å². The molecule has 2 aromatic carbocycles. The van der Waals surface area contributed by atoms with Crippen molar-refractivity contribution in [1.29, 1.82) is 0 Å². The van der Waals surface area contributed by atoms with E-state index < -0.39 is 17.2 Å². The van der Waals surface area contributed by atoms with Crippen LogP contribution in [0.15, 0.2) is 54.6 Å². The Balaban J connectivity index is 1.29. The summed E-state index contributed by atoms with van der Waals surface area (Å²) in [7, 11) is 1.52. The second kappa shape index (κ2) is 9.91. The highest BCUT2D eigenvalue weighted by molar-refractivity contribution is 7.22. The number of alkyl halides is 3. The molecule has 1 fully saturated rings. The number of halogens is 3. The molecule has 41 heavy (non-hydrogen) atoms. The first-order valence-electron chi connectivity index (χ1n) is 12.7. The van der Waals surface area contributed by atoms with Crippen LogP contribution in [0, 0.1) is 0 Å². The number of rotatable bonds is 4. The molecule has 0 bridgehead atoms. The molecular formula is C28H24F3N5O4S. The van der Waals surface area contributed by atoms with E-state index in [0.717, 1.165) is 17.7 Å². The van der Waals surface area contributed by atoms with Crippen molar-refractivity contribution in [3.63, 3.8) is 0 Å². The Kier molecular flexibility index (Phi) is 6.48. The summed E-state index contributed by atoms with van der Waals surface area (Å²) in [6, 6.07) is 12.8. The number of carbonyl (C=O) groups excluding carboxylic acids is 2. The molecule has 9 nitrogen and oxygen atoms in total. The molecular weight excluding hydrogens is 559 g/mol. The van der Waals surface area contributed by atoms with Crippen LogP contribution in [0.1, 0.15) is 24.5 Å². The van der Waals surface area contributed by atoms with E-state index in [-0.39, 0.29) is 17.7 Å². The number of nitrogens with one attached hydrogen (secondary N) is 1. The summed E-state index contributed by atoms with van der Waals surface area (Å²) in [6.07, 6.45) is -3.81. The Morgan fingerprint density at radius 3 is 2.46 bits per heavy atom. The zero-order chi connectivity index (χ0) is 28.9. The van der Waals surface area contributed by atoms with E-state index in [4.69, 9.17) is 9.47 Å². The lowest BCUT2D eigenvalue weighted by Crippen LogP contribution is -2.41. The molecule has 212 valence electrons. The van der Waals surface area contributed by atoms with E-state index in [0.29, 0.717) is 58.9 Å². The largest absolute Gasteiger partial charge is 0.481 e. The van der Waals surface area contributed by atoms with Gasteiger partial charge in [-0.2, -0.15) is 13.2 Å². The number of aromatic nitrogens is 2. The van der Waals surface area contributed by atoms with Gasteiger partial charge in [-0.3, -0.25) is 15.0 Å². The molecule has 2 aliphatic rings. The molecule has 1 N–H and O–H groups in total. The van der Waals surface area contributed by atoms with Crippen LogP contribution in [0.3, 0.4) is 0 Å². The Hall–Kier alpha value is -4.39. The maximum absolute atomic E-state index is 13.6. The van der Waals surface area contributed by atoms with E-state index in [9.17, 15) is 22.8 Å². The van der Waals surface area contributed by atoms with Gasteiger partial charge in [-0.05, 0) is 60.5 Å². The summed E-state index contributed by atoms with van der Waals surface area (Å²) in [5, 5.41) is 3.26. The number of methoxy groups -OCH3 is 1. The number of fused-ring (bicyclic) bond motifs is 3. The normalized spacial score (nSPS) is 18.2. The third-order valence-electron chi connectivity index (χ3n) is 7.41. The number of nitrogens with zero attached hydrogens (tertiary/aromatic N) is 4. The molecule has 0 radical (unpaired) electrons. The average Bonchev–Trinajstić information content (AvgIpc) is 3.64. The standard InChI is InChI=1S/C28H24F3N5O4S/c1-16(37)35-12-11-27(14-35)15-36(26(38)34-25-32-21-8-10-23(39-2)33-24(21)41-25)22-9-7-19(13-20(22)27)40-18-5-3-17(4-6-18)28(29,30)31/h3-10,13H,11-12,14-15H2,1-2H3,(H,32,34,38). The quantitative estimate of drug-likeness (QED) is 0.314. The molecule has 1 unspecified atom stereocenters. The highest BCUT2D eigenvalue weighted by Crippen LogP contribution is 2.48. The minimum absolute atomic E-state index is 0.0547. The molecule has 2 aliphatic heterocycles. The number of hydrogen-bond donors (Lipinski definition) is 1. The number of benzene rings is 2. The van der Waals surface area contributed by atoms with Crippen LogP contribution >= 0.6 is 11.3 Å². The van der Waals surface area contributed by atoms with Crippen molar-refractivity contribution in [3.05, 3.63) is 65.7 Å². The summed E-state index contributed by atoms with van der Waals surface area (Å²) in [6.45, 7) is 2.81. The fourth-order valence-corrected chi connectivity index (χ4v) is 6.18.